The molecule has 0 fully saturated rings. The lowest BCUT2D eigenvalue weighted by Crippen LogP contribution is -2.14. The first-order chi connectivity index (χ1) is 13.4. The quantitative estimate of drug-likeness (QED) is 0.493. The van der Waals surface area contributed by atoms with Crippen molar-refractivity contribution < 1.29 is 14.3 Å². The predicted octanol–water partition coefficient (Wildman–Crippen LogP) is 5.51. The second kappa shape index (κ2) is 8.19. The number of hydrogen-bond donors (Lipinski definition) is 0. The lowest BCUT2D eigenvalue weighted by molar-refractivity contribution is 0.111. The van der Waals surface area contributed by atoms with Gasteiger partial charge in [-0.05, 0) is 43.5 Å². The molecule has 0 spiro atoms. The molecule has 0 aliphatic heterocycles. The van der Waals surface area contributed by atoms with E-state index >= 15 is 0 Å². The van der Waals surface area contributed by atoms with Gasteiger partial charge in [0, 0.05) is 22.7 Å². The van der Waals surface area contributed by atoms with Crippen LogP contribution in [0.3, 0.4) is 0 Å². The number of aromatic nitrogens is 2. The molecule has 2 heterocycles. The maximum atomic E-state index is 11.2. The van der Waals surface area contributed by atoms with Gasteiger partial charge in [-0.25, -0.2) is 4.98 Å². The Morgan fingerprint density at radius 3 is 2.50 bits per heavy atom. The van der Waals surface area contributed by atoms with Gasteiger partial charge in [-0.2, -0.15) is 0 Å². The molecule has 2 aromatic heterocycles. The number of aldehydes is 1. The van der Waals surface area contributed by atoms with Gasteiger partial charge in [-0.15, -0.1) is 11.3 Å². The average Bonchev–Trinajstić information content (AvgIpc) is 3.30. The van der Waals surface area contributed by atoms with Crippen molar-refractivity contribution in [1.82, 2.24) is 9.55 Å². The third-order valence-electron chi connectivity index (χ3n) is 4.36. The molecule has 0 bridgehead atoms. The molecule has 6 heteroatoms. The summed E-state index contributed by atoms with van der Waals surface area (Å²) in [6.45, 7) is 11.6. The maximum absolute atomic E-state index is 11.2. The molecule has 3 rings (SSSR count). The minimum atomic E-state index is -0.0773. The van der Waals surface area contributed by atoms with Gasteiger partial charge in [0.1, 0.15) is 11.5 Å². The van der Waals surface area contributed by atoms with E-state index in [4.69, 9.17) is 14.5 Å². The van der Waals surface area contributed by atoms with Crippen LogP contribution in [0.4, 0.5) is 0 Å². The fourth-order valence-electron chi connectivity index (χ4n) is 3.06. The molecular weight excluding hydrogens is 372 g/mol. The number of carbonyl (C=O) groups is 1. The van der Waals surface area contributed by atoms with Crippen LogP contribution in [0.15, 0.2) is 35.8 Å². The van der Waals surface area contributed by atoms with E-state index in [1.807, 2.05) is 37.6 Å². The highest BCUT2D eigenvalue weighted by atomic mass is 32.1. The topological polar surface area (TPSA) is 53.4 Å². The maximum Gasteiger partial charge on any atom is 0.194 e. The molecule has 3 aromatic rings. The molecule has 0 radical (unpaired) electrons. The molecule has 0 amide bonds. The molecule has 1 aromatic carbocycles. The number of rotatable bonds is 7. The van der Waals surface area contributed by atoms with Crippen molar-refractivity contribution in [2.24, 2.45) is 0 Å². The summed E-state index contributed by atoms with van der Waals surface area (Å²) in [7, 11) is 0. The van der Waals surface area contributed by atoms with Gasteiger partial charge >= 0.3 is 0 Å². The van der Waals surface area contributed by atoms with Gasteiger partial charge < -0.3 is 9.47 Å². The predicted molar refractivity (Wildman–Crippen MR) is 113 cm³/mol. The van der Waals surface area contributed by atoms with Crippen LogP contribution < -0.4 is 9.47 Å². The second-order valence-corrected chi connectivity index (χ2v) is 8.23. The first kappa shape index (κ1) is 20.1. The van der Waals surface area contributed by atoms with E-state index in [2.05, 4.69) is 26.8 Å². The molecule has 0 aliphatic rings. The number of hydrogen-bond acceptors (Lipinski definition) is 5. The number of ether oxygens (including phenoxy) is 2. The van der Waals surface area contributed by atoms with Gasteiger partial charge in [0.05, 0.1) is 24.6 Å². The van der Waals surface area contributed by atoms with Gasteiger partial charge in [0.2, 0.25) is 0 Å². The molecule has 0 N–H and O–H groups in total. The Morgan fingerprint density at radius 1 is 1.14 bits per heavy atom. The van der Waals surface area contributed by atoms with Gasteiger partial charge in [0.25, 0.3) is 0 Å². The lowest BCUT2D eigenvalue weighted by Gasteiger charge is -2.24. The van der Waals surface area contributed by atoms with E-state index in [-0.39, 0.29) is 5.41 Å². The van der Waals surface area contributed by atoms with E-state index < -0.39 is 0 Å². The van der Waals surface area contributed by atoms with Crippen molar-refractivity contribution in [1.29, 1.82) is 0 Å². The average molecular weight is 399 g/mol. The first-order valence-electron chi connectivity index (χ1n) is 9.42. The van der Waals surface area contributed by atoms with Crippen LogP contribution in [0.25, 0.3) is 16.4 Å². The van der Waals surface area contributed by atoms with Crippen LogP contribution in [0.5, 0.6) is 11.5 Å². The Kier molecular flexibility index (Phi) is 5.89. The monoisotopic (exact) mass is 398 g/mol. The first-order valence-corrected chi connectivity index (χ1v) is 10.3. The van der Waals surface area contributed by atoms with Crippen molar-refractivity contribution in [2.75, 3.05) is 13.2 Å². The summed E-state index contributed by atoms with van der Waals surface area (Å²) in [5, 5.41) is 2.72. The smallest absolute Gasteiger partial charge is 0.194 e. The molecule has 28 heavy (non-hydrogen) atoms. The fourth-order valence-corrected chi connectivity index (χ4v) is 3.89. The normalized spacial score (nSPS) is 11.5. The van der Waals surface area contributed by atoms with Crippen molar-refractivity contribution in [3.05, 3.63) is 47.1 Å². The van der Waals surface area contributed by atoms with E-state index in [9.17, 15) is 4.79 Å². The zero-order chi connectivity index (χ0) is 20.3. The van der Waals surface area contributed by atoms with E-state index in [1.165, 1.54) is 11.3 Å². The summed E-state index contributed by atoms with van der Waals surface area (Å²) in [6, 6.07) is 7.69. The van der Waals surface area contributed by atoms with Gasteiger partial charge in [-0.3, -0.25) is 9.36 Å². The molecule has 0 saturated heterocycles. The SMILES string of the molecule is CCOc1cc(C(C)(C)C)c(OCC)cc1-c1csc(-n2cccc2C=O)n1. The Bertz CT molecular complexity index is 967. The summed E-state index contributed by atoms with van der Waals surface area (Å²) in [6.07, 6.45) is 2.67. The lowest BCUT2D eigenvalue weighted by atomic mass is 9.85. The summed E-state index contributed by atoms with van der Waals surface area (Å²) < 4.78 is 13.7. The highest BCUT2D eigenvalue weighted by Gasteiger charge is 2.23. The minimum Gasteiger partial charge on any atom is -0.494 e. The highest BCUT2D eigenvalue weighted by Crippen LogP contribution is 2.41. The van der Waals surface area contributed by atoms with Crippen LogP contribution in [0, 0.1) is 0 Å². The molecule has 148 valence electrons. The molecular formula is C22H26N2O3S. The molecule has 0 atom stereocenters. The number of carbonyl (C=O) groups excluding carboxylic acids is 1. The third kappa shape index (κ3) is 3.97. The van der Waals surface area contributed by atoms with Crippen LogP contribution in [-0.4, -0.2) is 29.1 Å². The van der Waals surface area contributed by atoms with E-state index in [1.54, 1.807) is 10.6 Å². The fraction of sp³-hybridized carbons (Fsp3) is 0.364. The molecule has 5 nitrogen and oxygen atoms in total. The van der Waals surface area contributed by atoms with Crippen LogP contribution >= 0.6 is 11.3 Å². The van der Waals surface area contributed by atoms with Crippen molar-refractivity contribution in [3.63, 3.8) is 0 Å². The summed E-state index contributed by atoms with van der Waals surface area (Å²) in [4.78, 5) is 16.0. The third-order valence-corrected chi connectivity index (χ3v) is 5.20. The Hall–Kier alpha value is -2.60. The molecule has 0 aliphatic carbocycles. The molecule has 0 unspecified atom stereocenters. The Labute approximate surface area is 169 Å². The second-order valence-electron chi connectivity index (χ2n) is 7.40. The zero-order valence-electron chi connectivity index (χ0n) is 17.0. The summed E-state index contributed by atoms with van der Waals surface area (Å²) in [5.74, 6) is 1.63. The Balaban J connectivity index is 2.13. The van der Waals surface area contributed by atoms with Gasteiger partial charge in [0.15, 0.2) is 11.4 Å². The zero-order valence-corrected chi connectivity index (χ0v) is 17.8. The van der Waals surface area contributed by atoms with E-state index in [0.29, 0.717) is 18.9 Å². The summed E-state index contributed by atoms with van der Waals surface area (Å²) in [5.41, 5.74) is 3.29. The number of nitrogens with zero attached hydrogens (tertiary/aromatic N) is 2. The van der Waals surface area contributed by atoms with Crippen LogP contribution in [0.1, 0.15) is 50.7 Å². The minimum absolute atomic E-state index is 0.0773. The van der Waals surface area contributed by atoms with Crippen molar-refractivity contribution in [3.8, 4) is 27.9 Å². The number of benzene rings is 1. The van der Waals surface area contributed by atoms with E-state index in [0.717, 1.165) is 39.7 Å². The Morgan fingerprint density at radius 2 is 1.86 bits per heavy atom. The van der Waals surface area contributed by atoms with Crippen molar-refractivity contribution in [2.45, 2.75) is 40.0 Å². The van der Waals surface area contributed by atoms with Crippen LogP contribution in [-0.2, 0) is 5.41 Å². The highest BCUT2D eigenvalue weighted by molar-refractivity contribution is 7.12. The van der Waals surface area contributed by atoms with Crippen molar-refractivity contribution >= 4 is 17.6 Å². The summed E-state index contributed by atoms with van der Waals surface area (Å²) >= 11 is 1.48. The standard InChI is InChI=1S/C22H26N2O3S/c1-6-26-19-12-17(22(3,4)5)20(27-7-2)11-16(19)18-14-28-21(23-18)24-10-8-9-15(24)13-25/h8-14H,6-7H2,1-5H3. The number of thiazole rings is 1. The largest absolute Gasteiger partial charge is 0.494 e. The van der Waals surface area contributed by atoms with Crippen LogP contribution in [0.2, 0.25) is 0 Å². The molecule has 0 saturated carbocycles. The van der Waals surface area contributed by atoms with Gasteiger partial charge in [-0.1, -0.05) is 20.8 Å².